The Morgan fingerprint density at radius 3 is 2.81 bits per heavy atom. The highest BCUT2D eigenvalue weighted by Crippen LogP contribution is 2.26. The highest BCUT2D eigenvalue weighted by Gasteiger charge is 2.05. The summed E-state index contributed by atoms with van der Waals surface area (Å²) in [6.07, 6.45) is 3.11. The van der Waals surface area contributed by atoms with Gasteiger partial charge >= 0.3 is 0 Å². The van der Waals surface area contributed by atoms with Gasteiger partial charge in [-0.25, -0.2) is 4.39 Å². The molecule has 0 aliphatic heterocycles. The van der Waals surface area contributed by atoms with Gasteiger partial charge in [0.1, 0.15) is 5.82 Å². The van der Waals surface area contributed by atoms with Crippen LogP contribution < -0.4 is 5.73 Å². The quantitative estimate of drug-likeness (QED) is 0.790. The van der Waals surface area contributed by atoms with Crippen LogP contribution in [0, 0.1) is 17.1 Å². The summed E-state index contributed by atoms with van der Waals surface area (Å²) >= 11 is 0. The molecule has 78 valence electrons. The lowest BCUT2D eigenvalue weighted by Crippen LogP contribution is -1.92. The molecule has 0 atom stereocenters. The van der Waals surface area contributed by atoms with Crippen molar-refractivity contribution >= 4 is 5.69 Å². The lowest BCUT2D eigenvalue weighted by molar-refractivity contribution is 0.628. The van der Waals surface area contributed by atoms with Gasteiger partial charge < -0.3 is 5.73 Å². The zero-order chi connectivity index (χ0) is 11.5. The van der Waals surface area contributed by atoms with Gasteiger partial charge in [0.15, 0.2) is 0 Å². The first-order chi connectivity index (χ1) is 7.70. The smallest absolute Gasteiger partial charge is 0.125 e. The van der Waals surface area contributed by atoms with Crippen LogP contribution in [0.3, 0.4) is 0 Å². The molecule has 0 fully saturated rings. The van der Waals surface area contributed by atoms with E-state index in [1.807, 2.05) is 6.07 Å². The molecule has 0 saturated heterocycles. The van der Waals surface area contributed by atoms with E-state index in [0.29, 0.717) is 16.8 Å². The molecular formula is C12H8FN3. The Bertz CT molecular complexity index is 573. The van der Waals surface area contributed by atoms with E-state index in [1.54, 1.807) is 24.5 Å². The first kappa shape index (κ1) is 10.1. The van der Waals surface area contributed by atoms with Gasteiger partial charge in [0.2, 0.25) is 0 Å². The largest absolute Gasteiger partial charge is 0.398 e. The van der Waals surface area contributed by atoms with Crippen molar-refractivity contribution in [2.75, 3.05) is 5.73 Å². The number of nitrogen functional groups attached to an aromatic ring is 1. The van der Waals surface area contributed by atoms with E-state index in [-0.39, 0.29) is 5.56 Å². The van der Waals surface area contributed by atoms with Crippen molar-refractivity contribution in [3.63, 3.8) is 0 Å². The van der Waals surface area contributed by atoms with Gasteiger partial charge in [0, 0.05) is 23.6 Å². The molecule has 0 aliphatic carbocycles. The van der Waals surface area contributed by atoms with Crippen LogP contribution in [0.25, 0.3) is 11.1 Å². The van der Waals surface area contributed by atoms with E-state index in [2.05, 4.69) is 4.98 Å². The van der Waals surface area contributed by atoms with E-state index in [0.717, 1.165) is 0 Å². The molecule has 0 radical (unpaired) electrons. The average molecular weight is 213 g/mol. The number of nitrogens with two attached hydrogens (primary N) is 1. The van der Waals surface area contributed by atoms with Crippen molar-refractivity contribution in [3.8, 4) is 17.2 Å². The predicted octanol–water partition coefficient (Wildman–Crippen LogP) is 2.34. The minimum Gasteiger partial charge on any atom is -0.398 e. The van der Waals surface area contributed by atoms with Crippen molar-refractivity contribution in [1.29, 1.82) is 5.26 Å². The number of rotatable bonds is 1. The molecule has 16 heavy (non-hydrogen) atoms. The van der Waals surface area contributed by atoms with E-state index in [9.17, 15) is 4.39 Å². The summed E-state index contributed by atoms with van der Waals surface area (Å²) in [5.74, 6) is -0.461. The Hall–Kier alpha value is -2.41. The fraction of sp³-hybridized carbons (Fsp3) is 0. The first-order valence-corrected chi connectivity index (χ1v) is 4.61. The SMILES string of the molecule is N#Cc1cc(F)cc(-c2cnccc2N)c1. The maximum atomic E-state index is 13.2. The van der Waals surface area contributed by atoms with E-state index in [4.69, 9.17) is 11.0 Å². The third-order valence-corrected chi connectivity index (χ3v) is 2.19. The third-order valence-electron chi connectivity index (χ3n) is 2.19. The molecular weight excluding hydrogens is 205 g/mol. The van der Waals surface area contributed by atoms with Crippen LogP contribution in [-0.2, 0) is 0 Å². The molecule has 0 spiro atoms. The number of nitrogens with zero attached hydrogens (tertiary/aromatic N) is 2. The van der Waals surface area contributed by atoms with Gasteiger partial charge in [-0.05, 0) is 29.8 Å². The number of anilines is 1. The summed E-state index contributed by atoms with van der Waals surface area (Å²) in [5, 5.41) is 8.74. The monoisotopic (exact) mass is 213 g/mol. The summed E-state index contributed by atoms with van der Waals surface area (Å²) in [6, 6.07) is 7.61. The minimum atomic E-state index is -0.461. The van der Waals surface area contributed by atoms with E-state index >= 15 is 0 Å². The fourth-order valence-electron chi connectivity index (χ4n) is 1.46. The zero-order valence-electron chi connectivity index (χ0n) is 8.31. The number of aromatic nitrogens is 1. The molecule has 3 nitrogen and oxygen atoms in total. The second-order valence-electron chi connectivity index (χ2n) is 3.30. The van der Waals surface area contributed by atoms with E-state index in [1.165, 1.54) is 12.1 Å². The second-order valence-corrected chi connectivity index (χ2v) is 3.30. The van der Waals surface area contributed by atoms with Crippen molar-refractivity contribution in [2.24, 2.45) is 0 Å². The summed E-state index contributed by atoms with van der Waals surface area (Å²) in [4.78, 5) is 3.92. The topological polar surface area (TPSA) is 62.7 Å². The van der Waals surface area contributed by atoms with Crippen LogP contribution in [0.2, 0.25) is 0 Å². The summed E-state index contributed by atoms with van der Waals surface area (Å²) in [6.45, 7) is 0. The van der Waals surface area contributed by atoms with Crippen LogP contribution >= 0.6 is 0 Å². The van der Waals surface area contributed by atoms with Crippen molar-refractivity contribution in [3.05, 3.63) is 48.0 Å². The van der Waals surface area contributed by atoms with Crippen LogP contribution in [0.1, 0.15) is 5.56 Å². The molecule has 2 rings (SSSR count). The van der Waals surface area contributed by atoms with Crippen LogP contribution in [0.4, 0.5) is 10.1 Å². The molecule has 0 aliphatic rings. The molecule has 1 aromatic carbocycles. The molecule has 0 bridgehead atoms. The highest BCUT2D eigenvalue weighted by molar-refractivity contribution is 5.75. The number of pyridine rings is 1. The molecule has 0 unspecified atom stereocenters. The summed E-state index contributed by atoms with van der Waals surface area (Å²) in [7, 11) is 0. The van der Waals surface area contributed by atoms with Crippen molar-refractivity contribution in [1.82, 2.24) is 4.98 Å². The average Bonchev–Trinajstić information content (AvgIpc) is 2.28. The summed E-state index contributed by atoms with van der Waals surface area (Å²) in [5.41, 5.74) is 7.70. The fourth-order valence-corrected chi connectivity index (χ4v) is 1.46. The molecule has 1 heterocycles. The maximum Gasteiger partial charge on any atom is 0.125 e. The molecule has 2 aromatic rings. The van der Waals surface area contributed by atoms with Crippen LogP contribution in [0.15, 0.2) is 36.7 Å². The Morgan fingerprint density at radius 2 is 2.12 bits per heavy atom. The summed E-state index contributed by atoms with van der Waals surface area (Å²) < 4.78 is 13.2. The number of nitriles is 1. The predicted molar refractivity (Wildman–Crippen MR) is 58.8 cm³/mol. The maximum absolute atomic E-state index is 13.2. The van der Waals surface area contributed by atoms with Crippen molar-refractivity contribution in [2.45, 2.75) is 0 Å². The zero-order valence-corrected chi connectivity index (χ0v) is 8.31. The van der Waals surface area contributed by atoms with E-state index < -0.39 is 5.82 Å². The number of benzene rings is 1. The molecule has 1 aromatic heterocycles. The lowest BCUT2D eigenvalue weighted by atomic mass is 10.0. The molecule has 4 heteroatoms. The number of hydrogen-bond donors (Lipinski definition) is 1. The Morgan fingerprint density at radius 1 is 1.31 bits per heavy atom. The van der Waals surface area contributed by atoms with Crippen LogP contribution in [0.5, 0.6) is 0 Å². The van der Waals surface area contributed by atoms with Gasteiger partial charge in [-0.2, -0.15) is 5.26 Å². The standard InChI is InChI=1S/C12H8FN3/c13-10-4-8(6-14)3-9(5-10)11-7-16-2-1-12(11)15/h1-5,7H,(H2,15,16). The van der Waals surface area contributed by atoms with Gasteiger partial charge in [0.25, 0.3) is 0 Å². The number of hydrogen-bond acceptors (Lipinski definition) is 3. The number of halogens is 1. The molecule has 0 amide bonds. The second kappa shape index (κ2) is 3.99. The Balaban J connectivity index is 2.61. The Labute approximate surface area is 92.0 Å². The van der Waals surface area contributed by atoms with Gasteiger partial charge in [0.05, 0.1) is 11.6 Å². The Kier molecular flexibility index (Phi) is 2.52. The van der Waals surface area contributed by atoms with Gasteiger partial charge in [-0.1, -0.05) is 0 Å². The lowest BCUT2D eigenvalue weighted by Gasteiger charge is -2.05. The third kappa shape index (κ3) is 1.84. The normalized spacial score (nSPS) is 9.75. The van der Waals surface area contributed by atoms with Crippen LogP contribution in [-0.4, -0.2) is 4.98 Å². The van der Waals surface area contributed by atoms with Gasteiger partial charge in [-0.15, -0.1) is 0 Å². The minimum absolute atomic E-state index is 0.262. The highest BCUT2D eigenvalue weighted by atomic mass is 19.1. The molecule has 2 N–H and O–H groups in total. The molecule has 0 saturated carbocycles. The van der Waals surface area contributed by atoms with Gasteiger partial charge in [-0.3, -0.25) is 4.98 Å². The first-order valence-electron chi connectivity index (χ1n) is 4.61. The van der Waals surface area contributed by atoms with Crippen molar-refractivity contribution < 1.29 is 4.39 Å².